The van der Waals surface area contributed by atoms with Crippen molar-refractivity contribution < 1.29 is 9.26 Å². The maximum atomic E-state index is 5.67. The standard InChI is InChI=1S/C15H21N3O2/c1-11(2)7-14-17-15(20-18-14)10-19-13-6-4-5-12(8-13)9-16-3/h4-6,8,11,16H,7,9-10H2,1-3H3. The predicted octanol–water partition coefficient (Wildman–Crippen LogP) is 2.57. The highest BCUT2D eigenvalue weighted by molar-refractivity contribution is 5.28. The minimum Gasteiger partial charge on any atom is -0.484 e. The number of rotatable bonds is 7. The predicted molar refractivity (Wildman–Crippen MR) is 76.4 cm³/mol. The van der Waals surface area contributed by atoms with Crippen molar-refractivity contribution in [3.8, 4) is 5.75 Å². The molecule has 0 unspecified atom stereocenters. The van der Waals surface area contributed by atoms with Gasteiger partial charge in [0.1, 0.15) is 5.75 Å². The molecule has 0 aliphatic heterocycles. The number of ether oxygens (including phenoxy) is 1. The first-order valence-corrected chi connectivity index (χ1v) is 6.85. The van der Waals surface area contributed by atoms with Crippen molar-refractivity contribution in [1.82, 2.24) is 15.5 Å². The lowest BCUT2D eigenvalue weighted by molar-refractivity contribution is 0.242. The van der Waals surface area contributed by atoms with E-state index in [2.05, 4.69) is 35.4 Å². The Morgan fingerprint density at radius 1 is 1.35 bits per heavy atom. The van der Waals surface area contributed by atoms with Gasteiger partial charge >= 0.3 is 0 Å². The van der Waals surface area contributed by atoms with E-state index in [1.807, 2.05) is 25.2 Å². The summed E-state index contributed by atoms with van der Waals surface area (Å²) >= 11 is 0. The molecular formula is C15H21N3O2. The van der Waals surface area contributed by atoms with E-state index in [1.54, 1.807) is 0 Å². The molecule has 0 atom stereocenters. The first-order valence-electron chi connectivity index (χ1n) is 6.85. The Kier molecular flexibility index (Phi) is 5.12. The molecule has 0 amide bonds. The molecule has 5 heteroatoms. The minimum atomic E-state index is 0.300. The summed E-state index contributed by atoms with van der Waals surface area (Å²) in [6.45, 7) is 5.37. The highest BCUT2D eigenvalue weighted by Crippen LogP contribution is 2.15. The van der Waals surface area contributed by atoms with Gasteiger partial charge in [-0.15, -0.1) is 0 Å². The molecule has 0 fully saturated rings. The van der Waals surface area contributed by atoms with Gasteiger partial charge in [0, 0.05) is 13.0 Å². The van der Waals surface area contributed by atoms with Crippen molar-refractivity contribution in [2.45, 2.75) is 33.4 Å². The van der Waals surface area contributed by atoms with E-state index in [0.29, 0.717) is 18.4 Å². The molecule has 0 spiro atoms. The number of benzene rings is 1. The summed E-state index contributed by atoms with van der Waals surface area (Å²) in [5, 5.41) is 7.05. The van der Waals surface area contributed by atoms with Gasteiger partial charge in [0.05, 0.1) is 0 Å². The maximum absolute atomic E-state index is 5.67. The van der Waals surface area contributed by atoms with Crippen LogP contribution >= 0.6 is 0 Å². The molecule has 0 bridgehead atoms. The van der Waals surface area contributed by atoms with Crippen molar-refractivity contribution in [2.75, 3.05) is 7.05 Å². The number of hydrogen-bond acceptors (Lipinski definition) is 5. The van der Waals surface area contributed by atoms with Crippen LogP contribution in [0.25, 0.3) is 0 Å². The van der Waals surface area contributed by atoms with Crippen LogP contribution in [-0.2, 0) is 19.6 Å². The number of aromatic nitrogens is 2. The molecule has 0 radical (unpaired) electrons. The molecule has 0 aliphatic rings. The molecule has 1 aromatic carbocycles. The first-order chi connectivity index (χ1) is 9.67. The molecule has 0 saturated heterocycles. The van der Waals surface area contributed by atoms with Gasteiger partial charge in [-0.3, -0.25) is 0 Å². The van der Waals surface area contributed by atoms with Crippen LogP contribution in [0.2, 0.25) is 0 Å². The number of nitrogens with zero attached hydrogens (tertiary/aromatic N) is 2. The molecular weight excluding hydrogens is 254 g/mol. The summed E-state index contributed by atoms with van der Waals surface area (Å²) in [5.41, 5.74) is 1.18. The molecule has 1 N–H and O–H groups in total. The second kappa shape index (κ2) is 7.05. The Morgan fingerprint density at radius 3 is 2.95 bits per heavy atom. The zero-order valence-electron chi connectivity index (χ0n) is 12.2. The molecule has 20 heavy (non-hydrogen) atoms. The van der Waals surface area contributed by atoms with Gasteiger partial charge < -0.3 is 14.6 Å². The van der Waals surface area contributed by atoms with Crippen LogP contribution in [0.5, 0.6) is 5.75 Å². The van der Waals surface area contributed by atoms with Gasteiger partial charge in [0.25, 0.3) is 5.89 Å². The van der Waals surface area contributed by atoms with Crippen molar-refractivity contribution in [2.24, 2.45) is 5.92 Å². The average Bonchev–Trinajstić information content (AvgIpc) is 2.84. The van der Waals surface area contributed by atoms with Crippen molar-refractivity contribution in [3.63, 3.8) is 0 Å². The Bertz CT molecular complexity index is 537. The highest BCUT2D eigenvalue weighted by atomic mass is 16.5. The molecule has 2 rings (SSSR count). The van der Waals surface area contributed by atoms with Gasteiger partial charge in [-0.05, 0) is 30.7 Å². The highest BCUT2D eigenvalue weighted by Gasteiger charge is 2.08. The van der Waals surface area contributed by atoms with Gasteiger partial charge in [-0.25, -0.2) is 0 Å². The smallest absolute Gasteiger partial charge is 0.264 e. The number of hydrogen-bond donors (Lipinski definition) is 1. The third-order valence-corrected chi connectivity index (χ3v) is 2.74. The minimum absolute atomic E-state index is 0.300. The van der Waals surface area contributed by atoms with E-state index >= 15 is 0 Å². The Hall–Kier alpha value is -1.88. The molecule has 1 aromatic heterocycles. The van der Waals surface area contributed by atoms with E-state index < -0.39 is 0 Å². The normalized spacial score (nSPS) is 11.0. The zero-order chi connectivity index (χ0) is 14.4. The van der Waals surface area contributed by atoms with Gasteiger partial charge in [-0.2, -0.15) is 4.98 Å². The van der Waals surface area contributed by atoms with E-state index in [-0.39, 0.29) is 0 Å². The third kappa shape index (κ3) is 4.35. The third-order valence-electron chi connectivity index (χ3n) is 2.74. The summed E-state index contributed by atoms with van der Waals surface area (Å²) in [6, 6.07) is 7.95. The van der Waals surface area contributed by atoms with Crippen molar-refractivity contribution >= 4 is 0 Å². The second-order valence-corrected chi connectivity index (χ2v) is 5.17. The quantitative estimate of drug-likeness (QED) is 0.841. The first kappa shape index (κ1) is 14.5. The monoisotopic (exact) mass is 275 g/mol. The second-order valence-electron chi connectivity index (χ2n) is 5.17. The van der Waals surface area contributed by atoms with Crippen LogP contribution in [0.4, 0.5) is 0 Å². The van der Waals surface area contributed by atoms with Crippen molar-refractivity contribution in [3.05, 3.63) is 41.5 Å². The van der Waals surface area contributed by atoms with Gasteiger partial charge in [0.2, 0.25) is 0 Å². The fourth-order valence-electron chi connectivity index (χ4n) is 1.89. The Labute approximate surface area is 119 Å². The molecule has 0 saturated carbocycles. The van der Waals surface area contributed by atoms with E-state index in [0.717, 1.165) is 24.5 Å². The lowest BCUT2D eigenvalue weighted by Gasteiger charge is -2.05. The summed E-state index contributed by atoms with van der Waals surface area (Å²) in [6.07, 6.45) is 0.821. The SMILES string of the molecule is CNCc1cccc(OCc2nc(CC(C)C)no2)c1. The molecule has 2 aromatic rings. The largest absolute Gasteiger partial charge is 0.484 e. The molecule has 5 nitrogen and oxygen atoms in total. The lowest BCUT2D eigenvalue weighted by atomic mass is 10.1. The Balaban J connectivity index is 1.91. The maximum Gasteiger partial charge on any atom is 0.264 e. The molecule has 108 valence electrons. The van der Waals surface area contributed by atoms with Crippen LogP contribution in [0.15, 0.2) is 28.8 Å². The summed E-state index contributed by atoms with van der Waals surface area (Å²) in [4.78, 5) is 4.31. The van der Waals surface area contributed by atoms with Gasteiger partial charge in [0.15, 0.2) is 12.4 Å². The molecule has 0 aliphatic carbocycles. The average molecular weight is 275 g/mol. The van der Waals surface area contributed by atoms with E-state index in [1.165, 1.54) is 5.56 Å². The van der Waals surface area contributed by atoms with Crippen LogP contribution in [0, 0.1) is 5.92 Å². The Morgan fingerprint density at radius 2 is 2.20 bits per heavy atom. The summed E-state index contributed by atoms with van der Waals surface area (Å²) in [5.74, 6) is 2.57. The van der Waals surface area contributed by atoms with Gasteiger partial charge in [-0.1, -0.05) is 31.1 Å². The van der Waals surface area contributed by atoms with Crippen molar-refractivity contribution in [1.29, 1.82) is 0 Å². The fraction of sp³-hybridized carbons (Fsp3) is 0.467. The lowest BCUT2D eigenvalue weighted by Crippen LogP contribution is -2.05. The zero-order valence-corrected chi connectivity index (χ0v) is 12.2. The van der Waals surface area contributed by atoms with E-state index in [9.17, 15) is 0 Å². The van der Waals surface area contributed by atoms with Crippen LogP contribution in [0.1, 0.15) is 31.1 Å². The van der Waals surface area contributed by atoms with Crippen LogP contribution in [0.3, 0.4) is 0 Å². The molecule has 1 heterocycles. The van der Waals surface area contributed by atoms with Crippen LogP contribution < -0.4 is 10.1 Å². The van der Waals surface area contributed by atoms with Crippen LogP contribution in [-0.4, -0.2) is 17.2 Å². The fourth-order valence-corrected chi connectivity index (χ4v) is 1.89. The number of nitrogens with one attached hydrogen (secondary N) is 1. The topological polar surface area (TPSA) is 60.2 Å². The summed E-state index contributed by atoms with van der Waals surface area (Å²) < 4.78 is 10.8. The summed E-state index contributed by atoms with van der Waals surface area (Å²) in [7, 11) is 1.92. The van der Waals surface area contributed by atoms with E-state index in [4.69, 9.17) is 9.26 Å².